The summed E-state index contributed by atoms with van der Waals surface area (Å²) in [5.41, 5.74) is 0.276. The number of carbonyl (C=O) groups excluding carboxylic acids is 3. The van der Waals surface area contributed by atoms with Gasteiger partial charge in [0.2, 0.25) is 5.91 Å². The predicted molar refractivity (Wildman–Crippen MR) is 137 cm³/mol. The molecule has 2 aliphatic heterocycles. The standard InChI is InChI=1S/C28H42N4O3/c1-30(2)19-20-32-26(34)28(29-27(32)35,16-13-22-9-5-3-6-10-22)24-14-17-31(18-15-24)25(33)21-23-11-7-4-8-12-23/h3,5-6,9-10,23-24H,4,7-8,11-21H2,1-2H3,(H,29,35). The maximum Gasteiger partial charge on any atom is 0.325 e. The van der Waals surface area contributed by atoms with Crippen molar-refractivity contribution >= 4 is 17.8 Å². The Hall–Kier alpha value is -2.41. The number of urea groups is 1. The van der Waals surface area contributed by atoms with Crippen LogP contribution < -0.4 is 5.32 Å². The molecule has 1 atom stereocenters. The SMILES string of the molecule is CN(C)CCN1C(=O)NC(CCc2ccccc2)(C2CCN(C(=O)CC3CCCCC3)CC2)C1=O. The van der Waals surface area contributed by atoms with Gasteiger partial charge >= 0.3 is 6.03 Å². The molecule has 0 aromatic heterocycles. The minimum Gasteiger partial charge on any atom is -0.343 e. The summed E-state index contributed by atoms with van der Waals surface area (Å²) in [5, 5.41) is 3.16. The fraction of sp³-hybridized carbons (Fsp3) is 0.679. The van der Waals surface area contributed by atoms with E-state index in [9.17, 15) is 14.4 Å². The Morgan fingerprint density at radius 1 is 1.03 bits per heavy atom. The average Bonchev–Trinajstić information content (AvgIpc) is 3.12. The number of carbonyl (C=O) groups is 3. The maximum atomic E-state index is 13.8. The number of likely N-dealkylation sites (tertiary alicyclic amines) is 1. The summed E-state index contributed by atoms with van der Waals surface area (Å²) >= 11 is 0. The van der Waals surface area contributed by atoms with Crippen LogP contribution in [-0.4, -0.2) is 78.4 Å². The first kappa shape index (κ1) is 25.7. The Kier molecular flexibility index (Phi) is 8.47. The number of aryl methyl sites for hydroxylation is 1. The van der Waals surface area contributed by atoms with Crippen LogP contribution in [0.25, 0.3) is 0 Å². The lowest BCUT2D eigenvalue weighted by atomic mass is 9.74. The number of hydrogen-bond acceptors (Lipinski definition) is 4. The third kappa shape index (κ3) is 6.05. The molecule has 7 heteroatoms. The molecule has 2 heterocycles. The van der Waals surface area contributed by atoms with Crippen molar-refractivity contribution in [2.75, 3.05) is 40.3 Å². The molecule has 2 saturated heterocycles. The molecular formula is C28H42N4O3. The van der Waals surface area contributed by atoms with Crippen LogP contribution in [0.2, 0.25) is 0 Å². The summed E-state index contributed by atoms with van der Waals surface area (Å²) in [4.78, 5) is 45.1. The van der Waals surface area contributed by atoms with Gasteiger partial charge in [-0.05, 0) is 70.0 Å². The van der Waals surface area contributed by atoms with Crippen molar-refractivity contribution in [3.8, 4) is 0 Å². The van der Waals surface area contributed by atoms with Gasteiger partial charge in [0, 0.05) is 32.6 Å². The molecule has 1 N–H and O–H groups in total. The molecule has 1 saturated carbocycles. The van der Waals surface area contributed by atoms with Crippen LogP contribution in [0.5, 0.6) is 0 Å². The molecular weight excluding hydrogens is 440 g/mol. The van der Waals surface area contributed by atoms with Gasteiger partial charge in [0.05, 0.1) is 0 Å². The number of nitrogens with one attached hydrogen (secondary N) is 1. The third-order valence-electron chi connectivity index (χ3n) is 8.36. The minimum absolute atomic E-state index is 0.0331. The first-order valence-corrected chi connectivity index (χ1v) is 13.5. The molecule has 7 nitrogen and oxygen atoms in total. The molecule has 1 aliphatic carbocycles. The highest BCUT2D eigenvalue weighted by Gasteiger charge is 2.55. The molecule has 3 fully saturated rings. The zero-order valence-electron chi connectivity index (χ0n) is 21.5. The summed E-state index contributed by atoms with van der Waals surface area (Å²) in [6.45, 7) is 2.37. The number of imide groups is 1. The van der Waals surface area contributed by atoms with Crippen LogP contribution in [0.3, 0.4) is 0 Å². The molecule has 4 amide bonds. The number of rotatable bonds is 9. The smallest absolute Gasteiger partial charge is 0.325 e. The number of nitrogens with zero attached hydrogens (tertiary/aromatic N) is 3. The van der Waals surface area contributed by atoms with Gasteiger partial charge in [0.25, 0.3) is 5.91 Å². The summed E-state index contributed by atoms with van der Waals surface area (Å²) in [7, 11) is 3.89. The van der Waals surface area contributed by atoms with Gasteiger partial charge in [0.1, 0.15) is 5.54 Å². The lowest BCUT2D eigenvalue weighted by Crippen LogP contribution is -2.57. The molecule has 0 spiro atoms. The summed E-state index contributed by atoms with van der Waals surface area (Å²) in [5.74, 6) is 0.744. The largest absolute Gasteiger partial charge is 0.343 e. The fourth-order valence-corrected chi connectivity index (χ4v) is 6.17. The fourth-order valence-electron chi connectivity index (χ4n) is 6.17. The van der Waals surface area contributed by atoms with Gasteiger partial charge < -0.3 is 15.1 Å². The summed E-state index contributed by atoms with van der Waals surface area (Å²) < 4.78 is 0. The van der Waals surface area contributed by atoms with Crippen molar-refractivity contribution in [3.05, 3.63) is 35.9 Å². The van der Waals surface area contributed by atoms with Crippen LogP contribution >= 0.6 is 0 Å². The van der Waals surface area contributed by atoms with Crippen LogP contribution in [-0.2, 0) is 16.0 Å². The van der Waals surface area contributed by atoms with Crippen molar-refractivity contribution in [1.29, 1.82) is 0 Å². The second-order valence-corrected chi connectivity index (χ2v) is 11.0. The number of likely N-dealkylation sites (N-methyl/N-ethyl adjacent to an activating group) is 1. The lowest BCUT2D eigenvalue weighted by molar-refractivity contribution is -0.137. The zero-order valence-corrected chi connectivity index (χ0v) is 21.5. The zero-order chi connectivity index (χ0) is 24.8. The van der Waals surface area contributed by atoms with Crippen LogP contribution in [0.1, 0.15) is 63.4 Å². The van der Waals surface area contributed by atoms with E-state index < -0.39 is 5.54 Å². The van der Waals surface area contributed by atoms with E-state index in [4.69, 9.17) is 0 Å². The highest BCUT2D eigenvalue weighted by atomic mass is 16.2. The van der Waals surface area contributed by atoms with Gasteiger partial charge in [-0.25, -0.2) is 4.79 Å². The van der Waals surface area contributed by atoms with Crippen LogP contribution in [0.15, 0.2) is 30.3 Å². The van der Waals surface area contributed by atoms with Crippen LogP contribution in [0.4, 0.5) is 4.79 Å². The molecule has 192 valence electrons. The van der Waals surface area contributed by atoms with Gasteiger partial charge in [-0.2, -0.15) is 0 Å². The van der Waals surface area contributed by atoms with E-state index in [0.717, 1.165) is 19.3 Å². The molecule has 3 aliphatic rings. The maximum absolute atomic E-state index is 13.8. The van der Waals surface area contributed by atoms with E-state index in [-0.39, 0.29) is 23.8 Å². The van der Waals surface area contributed by atoms with Gasteiger partial charge in [-0.15, -0.1) is 0 Å². The van der Waals surface area contributed by atoms with E-state index in [1.54, 1.807) is 0 Å². The Labute approximate surface area is 210 Å². The van der Waals surface area contributed by atoms with Crippen molar-refractivity contribution < 1.29 is 14.4 Å². The average molecular weight is 483 g/mol. The Balaban J connectivity index is 1.44. The minimum atomic E-state index is -0.891. The van der Waals surface area contributed by atoms with Crippen molar-refractivity contribution in [1.82, 2.24) is 20.0 Å². The second kappa shape index (κ2) is 11.5. The lowest BCUT2D eigenvalue weighted by Gasteiger charge is -2.41. The molecule has 1 unspecified atom stereocenters. The quantitative estimate of drug-likeness (QED) is 0.545. The Morgan fingerprint density at radius 3 is 2.37 bits per heavy atom. The molecule has 35 heavy (non-hydrogen) atoms. The van der Waals surface area contributed by atoms with Gasteiger partial charge in [-0.1, -0.05) is 49.6 Å². The second-order valence-electron chi connectivity index (χ2n) is 11.0. The van der Waals surface area contributed by atoms with Gasteiger partial charge in [0.15, 0.2) is 0 Å². The molecule has 4 rings (SSSR count). The molecule has 0 radical (unpaired) electrons. The Morgan fingerprint density at radius 2 is 1.71 bits per heavy atom. The first-order valence-electron chi connectivity index (χ1n) is 13.5. The van der Waals surface area contributed by atoms with Crippen molar-refractivity contribution in [2.45, 2.75) is 69.7 Å². The predicted octanol–water partition coefficient (Wildman–Crippen LogP) is 3.68. The molecule has 1 aromatic carbocycles. The highest BCUT2D eigenvalue weighted by molar-refractivity contribution is 6.07. The summed E-state index contributed by atoms with van der Waals surface area (Å²) in [6, 6.07) is 9.88. The summed E-state index contributed by atoms with van der Waals surface area (Å²) in [6.07, 6.45) is 9.62. The number of hydrogen-bond donors (Lipinski definition) is 1. The third-order valence-corrected chi connectivity index (χ3v) is 8.36. The number of amides is 4. The van der Waals surface area contributed by atoms with Crippen molar-refractivity contribution in [2.24, 2.45) is 11.8 Å². The van der Waals surface area contributed by atoms with E-state index in [1.807, 2.05) is 42.1 Å². The Bertz CT molecular complexity index is 875. The number of piperidine rings is 1. The molecule has 1 aromatic rings. The van der Waals surface area contributed by atoms with Crippen molar-refractivity contribution in [3.63, 3.8) is 0 Å². The van der Waals surface area contributed by atoms with Gasteiger partial charge in [-0.3, -0.25) is 14.5 Å². The van der Waals surface area contributed by atoms with E-state index in [2.05, 4.69) is 17.4 Å². The molecule has 0 bridgehead atoms. The van der Waals surface area contributed by atoms with Crippen LogP contribution in [0, 0.1) is 11.8 Å². The topological polar surface area (TPSA) is 73.0 Å². The first-order chi connectivity index (χ1) is 16.9. The highest BCUT2D eigenvalue weighted by Crippen LogP contribution is 2.38. The van der Waals surface area contributed by atoms with E-state index in [1.165, 1.54) is 42.6 Å². The van der Waals surface area contributed by atoms with E-state index >= 15 is 0 Å². The number of benzene rings is 1. The van der Waals surface area contributed by atoms with E-state index in [0.29, 0.717) is 44.9 Å². The monoisotopic (exact) mass is 482 g/mol. The normalized spacial score (nSPS) is 24.3.